The Kier molecular flexibility index (Phi) is 6.05. The van der Waals surface area contributed by atoms with Crippen molar-refractivity contribution in [1.29, 1.82) is 0 Å². The lowest BCUT2D eigenvalue weighted by molar-refractivity contribution is -0.0511. The van der Waals surface area contributed by atoms with Gasteiger partial charge in [-0.05, 0) is 31.2 Å². The van der Waals surface area contributed by atoms with E-state index in [0.717, 1.165) is 16.8 Å². The highest BCUT2D eigenvalue weighted by Crippen LogP contribution is 2.31. The number of ether oxygens (including phenoxy) is 2. The molecule has 1 N–H and O–H groups in total. The van der Waals surface area contributed by atoms with Crippen LogP contribution in [0, 0.1) is 12.7 Å². The van der Waals surface area contributed by atoms with E-state index in [0.29, 0.717) is 5.69 Å². The van der Waals surface area contributed by atoms with E-state index in [2.05, 4.69) is 15.2 Å². The number of hydrogen-bond acceptors (Lipinski definition) is 5. The van der Waals surface area contributed by atoms with Crippen LogP contribution in [-0.4, -0.2) is 29.4 Å². The van der Waals surface area contributed by atoms with Gasteiger partial charge in [-0.1, -0.05) is 12.1 Å². The monoisotopic (exact) mass is 419 g/mol. The number of para-hydroxylation sites is 1. The molecule has 7 nitrogen and oxygen atoms in total. The van der Waals surface area contributed by atoms with Crippen LogP contribution in [0.25, 0.3) is 5.69 Å². The zero-order valence-electron chi connectivity index (χ0n) is 15.9. The second-order valence-electron chi connectivity index (χ2n) is 6.06. The van der Waals surface area contributed by atoms with Crippen LogP contribution in [0.5, 0.6) is 11.5 Å². The summed E-state index contributed by atoms with van der Waals surface area (Å²) in [6.45, 7) is -1.56. The molecule has 0 bridgehead atoms. The fourth-order valence-electron chi connectivity index (χ4n) is 2.70. The largest absolute Gasteiger partial charge is 0.493 e. The minimum absolute atomic E-state index is 0.0312. The summed E-state index contributed by atoms with van der Waals surface area (Å²) in [4.78, 5) is 24.9. The van der Waals surface area contributed by atoms with Crippen LogP contribution in [0.3, 0.4) is 0 Å². The van der Waals surface area contributed by atoms with Crippen molar-refractivity contribution in [1.82, 2.24) is 9.78 Å². The lowest BCUT2D eigenvalue weighted by atomic mass is 10.2. The summed E-state index contributed by atoms with van der Waals surface area (Å²) >= 11 is 0. The quantitative estimate of drug-likeness (QED) is 0.661. The van der Waals surface area contributed by atoms with Gasteiger partial charge in [0, 0.05) is 23.5 Å². The van der Waals surface area contributed by atoms with E-state index in [1.807, 2.05) is 0 Å². The Hall–Kier alpha value is -3.82. The minimum atomic E-state index is -3.10. The van der Waals surface area contributed by atoms with Gasteiger partial charge in [0.15, 0.2) is 17.2 Å². The summed E-state index contributed by atoms with van der Waals surface area (Å²) in [5.74, 6) is -1.76. The number of amides is 1. The second-order valence-corrected chi connectivity index (χ2v) is 6.06. The molecule has 0 saturated carbocycles. The van der Waals surface area contributed by atoms with E-state index in [4.69, 9.17) is 4.74 Å². The number of nitrogens with one attached hydrogen (secondary N) is 1. The molecule has 0 spiro atoms. The van der Waals surface area contributed by atoms with Crippen molar-refractivity contribution >= 4 is 11.6 Å². The first-order valence-corrected chi connectivity index (χ1v) is 8.60. The molecule has 0 aliphatic heterocycles. The smallest absolute Gasteiger partial charge is 0.387 e. The summed E-state index contributed by atoms with van der Waals surface area (Å²) in [6, 6.07) is 10.7. The lowest BCUT2D eigenvalue weighted by Crippen LogP contribution is -2.27. The molecule has 3 rings (SSSR count). The van der Waals surface area contributed by atoms with Crippen molar-refractivity contribution < 1.29 is 27.4 Å². The van der Waals surface area contributed by atoms with Crippen molar-refractivity contribution in [3.63, 3.8) is 0 Å². The third kappa shape index (κ3) is 4.43. The van der Waals surface area contributed by atoms with Crippen molar-refractivity contribution in [3.8, 4) is 17.2 Å². The third-order valence-corrected chi connectivity index (χ3v) is 4.04. The zero-order valence-corrected chi connectivity index (χ0v) is 15.9. The first-order valence-electron chi connectivity index (χ1n) is 8.60. The number of nitrogens with zero attached hydrogens (tertiary/aromatic N) is 2. The van der Waals surface area contributed by atoms with Crippen LogP contribution in [0.4, 0.5) is 18.9 Å². The Bertz CT molecular complexity index is 1150. The summed E-state index contributed by atoms with van der Waals surface area (Å²) in [5.41, 5.74) is -0.748. The Morgan fingerprint density at radius 1 is 1.13 bits per heavy atom. The van der Waals surface area contributed by atoms with Gasteiger partial charge in [-0.25, -0.2) is 9.07 Å². The van der Waals surface area contributed by atoms with E-state index >= 15 is 0 Å². The van der Waals surface area contributed by atoms with Gasteiger partial charge in [0.1, 0.15) is 11.5 Å². The molecule has 30 heavy (non-hydrogen) atoms. The minimum Gasteiger partial charge on any atom is -0.493 e. The number of aromatic nitrogens is 2. The molecule has 0 atom stereocenters. The Morgan fingerprint density at radius 2 is 1.87 bits per heavy atom. The lowest BCUT2D eigenvalue weighted by Gasteiger charge is -2.13. The van der Waals surface area contributed by atoms with Gasteiger partial charge < -0.3 is 14.8 Å². The fraction of sp³-hybridized carbons (Fsp3) is 0.150. The van der Waals surface area contributed by atoms with Crippen LogP contribution < -0.4 is 20.2 Å². The molecule has 0 aliphatic carbocycles. The molecule has 0 saturated heterocycles. The number of carbonyl (C=O) groups is 1. The highest BCUT2D eigenvalue weighted by atomic mass is 19.3. The molecular formula is C20H16F3N3O4. The molecule has 0 fully saturated rings. The van der Waals surface area contributed by atoms with E-state index in [1.54, 1.807) is 13.0 Å². The molecule has 0 radical (unpaired) electrons. The number of alkyl halides is 2. The van der Waals surface area contributed by atoms with Crippen molar-refractivity contribution in [2.75, 3.05) is 12.4 Å². The summed E-state index contributed by atoms with van der Waals surface area (Å²) in [5, 5.41) is 6.37. The SMILES string of the molecule is COc1ccc(NC(=O)c2nn(-c3ccccc3F)c(C)cc2=O)cc1OC(F)F. The number of benzene rings is 2. The number of anilines is 1. The number of hydrogen-bond donors (Lipinski definition) is 1. The summed E-state index contributed by atoms with van der Waals surface area (Å²) in [7, 11) is 1.27. The number of rotatable bonds is 6. The molecular weight excluding hydrogens is 403 g/mol. The third-order valence-electron chi connectivity index (χ3n) is 4.04. The van der Waals surface area contributed by atoms with Gasteiger partial charge in [-0.3, -0.25) is 9.59 Å². The van der Waals surface area contributed by atoms with Gasteiger partial charge in [-0.2, -0.15) is 13.9 Å². The predicted molar refractivity (Wildman–Crippen MR) is 102 cm³/mol. The number of aryl methyl sites for hydroxylation is 1. The van der Waals surface area contributed by atoms with Crippen molar-refractivity contribution in [2.45, 2.75) is 13.5 Å². The standard InChI is InChI=1S/C20H16F3N3O4/c1-11-9-15(27)18(25-26(11)14-6-4-3-5-13(14)21)19(28)24-12-7-8-16(29-2)17(10-12)30-20(22)23/h3-10,20H,1-2H3,(H,24,28). The molecule has 0 unspecified atom stereocenters. The maximum Gasteiger partial charge on any atom is 0.387 e. The van der Waals surface area contributed by atoms with Gasteiger partial charge >= 0.3 is 6.61 Å². The van der Waals surface area contributed by atoms with Crippen molar-refractivity contribution in [3.05, 3.63) is 76.0 Å². The van der Waals surface area contributed by atoms with E-state index in [1.165, 1.54) is 37.4 Å². The van der Waals surface area contributed by atoms with Gasteiger partial charge in [0.25, 0.3) is 5.91 Å². The Morgan fingerprint density at radius 3 is 2.53 bits per heavy atom. The van der Waals surface area contributed by atoms with E-state index < -0.39 is 29.5 Å². The van der Waals surface area contributed by atoms with Gasteiger partial charge in [0.2, 0.25) is 5.43 Å². The zero-order chi connectivity index (χ0) is 21.8. The van der Waals surface area contributed by atoms with Crippen LogP contribution >= 0.6 is 0 Å². The molecule has 1 amide bonds. The highest BCUT2D eigenvalue weighted by molar-refractivity contribution is 6.02. The normalized spacial score (nSPS) is 10.7. The van der Waals surface area contributed by atoms with E-state index in [-0.39, 0.29) is 22.9 Å². The molecule has 156 valence electrons. The second kappa shape index (κ2) is 8.68. The average Bonchev–Trinajstić information content (AvgIpc) is 2.68. The van der Waals surface area contributed by atoms with Crippen LogP contribution in [-0.2, 0) is 0 Å². The predicted octanol–water partition coefficient (Wildman–Crippen LogP) is 3.54. The van der Waals surface area contributed by atoms with Gasteiger partial charge in [0.05, 0.1) is 7.11 Å². The Balaban J connectivity index is 1.95. The fourth-order valence-corrected chi connectivity index (χ4v) is 2.70. The first kappa shape index (κ1) is 20.9. The molecule has 1 aromatic heterocycles. The Labute approximate surface area is 168 Å². The molecule has 10 heteroatoms. The van der Waals surface area contributed by atoms with Crippen LogP contribution in [0.1, 0.15) is 16.2 Å². The molecule has 3 aromatic rings. The number of halogens is 3. The number of carbonyl (C=O) groups excluding carboxylic acids is 1. The summed E-state index contributed by atoms with van der Waals surface area (Å²) in [6.07, 6.45) is 0. The van der Waals surface area contributed by atoms with Crippen molar-refractivity contribution in [2.24, 2.45) is 0 Å². The maximum absolute atomic E-state index is 14.1. The van der Waals surface area contributed by atoms with Crippen LogP contribution in [0.2, 0.25) is 0 Å². The topological polar surface area (TPSA) is 82.5 Å². The number of methoxy groups -OCH3 is 1. The first-order chi connectivity index (χ1) is 14.3. The average molecular weight is 419 g/mol. The van der Waals surface area contributed by atoms with Gasteiger partial charge in [-0.15, -0.1) is 0 Å². The van der Waals surface area contributed by atoms with Crippen LogP contribution in [0.15, 0.2) is 53.3 Å². The molecule has 1 heterocycles. The maximum atomic E-state index is 14.1. The summed E-state index contributed by atoms with van der Waals surface area (Å²) < 4.78 is 49.7. The molecule has 0 aliphatic rings. The highest BCUT2D eigenvalue weighted by Gasteiger charge is 2.18. The molecule has 2 aromatic carbocycles. The van der Waals surface area contributed by atoms with E-state index in [9.17, 15) is 22.8 Å².